The van der Waals surface area contributed by atoms with Crippen molar-refractivity contribution in [2.45, 2.75) is 13.0 Å². The van der Waals surface area contributed by atoms with Crippen molar-refractivity contribution in [2.75, 3.05) is 18.1 Å². The Kier molecular flexibility index (Phi) is 4.51. The molecule has 2 amide bonds. The lowest BCUT2D eigenvalue weighted by Crippen LogP contribution is -2.42. The molecule has 1 aromatic carbocycles. The van der Waals surface area contributed by atoms with E-state index in [1.807, 2.05) is 0 Å². The third-order valence-corrected chi connectivity index (χ3v) is 3.83. The van der Waals surface area contributed by atoms with Gasteiger partial charge < -0.3 is 14.6 Å². The van der Waals surface area contributed by atoms with Crippen molar-refractivity contribution in [1.82, 2.24) is 9.88 Å². The van der Waals surface area contributed by atoms with Crippen molar-refractivity contribution in [3.05, 3.63) is 58.8 Å². The van der Waals surface area contributed by atoms with Gasteiger partial charge in [-0.2, -0.15) is 0 Å². The summed E-state index contributed by atoms with van der Waals surface area (Å²) in [6, 6.07) is 6.57. The molecule has 0 saturated carbocycles. The van der Waals surface area contributed by atoms with Gasteiger partial charge in [-0.3, -0.25) is 14.5 Å². The molecule has 2 heterocycles. The van der Waals surface area contributed by atoms with Crippen LogP contribution in [0.25, 0.3) is 5.69 Å². The molecule has 0 unspecified atom stereocenters. The monoisotopic (exact) mass is 345 g/mol. The molecule has 1 saturated heterocycles. The zero-order valence-electron chi connectivity index (χ0n) is 13.4. The van der Waals surface area contributed by atoms with Gasteiger partial charge in [-0.15, -0.1) is 0 Å². The first-order chi connectivity index (χ1) is 12.0. The summed E-state index contributed by atoms with van der Waals surface area (Å²) in [6.07, 6.45) is 2.33. The lowest BCUT2D eigenvalue weighted by Gasteiger charge is -2.22. The first kappa shape index (κ1) is 16.7. The average molecular weight is 345 g/mol. The maximum atomic E-state index is 14.5. The summed E-state index contributed by atoms with van der Waals surface area (Å²) in [5.74, 6) is -0.779. The minimum Gasteiger partial charge on any atom is -0.447 e. The number of cyclic esters (lactones) is 1. The number of rotatable bonds is 4. The third-order valence-electron chi connectivity index (χ3n) is 3.83. The number of hydrogen-bond acceptors (Lipinski definition) is 4. The quantitative estimate of drug-likeness (QED) is 0.909. The number of benzene rings is 1. The molecule has 1 fully saturated rings. The number of anilines is 1. The van der Waals surface area contributed by atoms with Gasteiger partial charge in [-0.05, 0) is 18.2 Å². The van der Waals surface area contributed by atoms with Gasteiger partial charge in [0.1, 0.15) is 12.4 Å². The maximum absolute atomic E-state index is 14.5. The van der Waals surface area contributed by atoms with Crippen molar-refractivity contribution >= 4 is 17.7 Å². The Hall–Kier alpha value is -3.16. The van der Waals surface area contributed by atoms with E-state index in [1.54, 1.807) is 6.07 Å². The zero-order chi connectivity index (χ0) is 18.0. The van der Waals surface area contributed by atoms with Crippen LogP contribution < -0.4 is 15.6 Å². The molecule has 1 N–H and O–H groups in total. The van der Waals surface area contributed by atoms with E-state index >= 15 is 0 Å². The normalized spacial score (nSPS) is 16.6. The number of halogens is 1. The van der Waals surface area contributed by atoms with Crippen LogP contribution in [0.15, 0.2) is 47.5 Å². The van der Waals surface area contributed by atoms with Gasteiger partial charge in [-0.25, -0.2) is 9.18 Å². The fourth-order valence-electron chi connectivity index (χ4n) is 2.62. The molecule has 1 aliphatic rings. The number of ether oxygens (including phenoxy) is 1. The van der Waals surface area contributed by atoms with Gasteiger partial charge >= 0.3 is 6.09 Å². The van der Waals surface area contributed by atoms with Gasteiger partial charge in [0.2, 0.25) is 5.91 Å². The topological polar surface area (TPSA) is 80.6 Å². The standard InChI is InChI=1S/C17H16FN3O4/c1-11(22)19-9-13-10-25-17(24)21(13)12-2-3-16(15(18)8-12)20-6-4-14(23)5-7-20/h2-8,13H,9-10H2,1H3,(H,19,22)/t13-/m0/s1. The Morgan fingerprint density at radius 1 is 1.28 bits per heavy atom. The molecule has 7 nitrogen and oxygen atoms in total. The van der Waals surface area contributed by atoms with Crippen molar-refractivity contribution in [3.8, 4) is 5.69 Å². The molecular formula is C17H16FN3O4. The van der Waals surface area contributed by atoms with Crippen LogP contribution in [0.1, 0.15) is 6.92 Å². The molecule has 0 bridgehead atoms. The number of nitrogens with one attached hydrogen (secondary N) is 1. The summed E-state index contributed by atoms with van der Waals surface area (Å²) in [6.45, 7) is 1.70. The summed E-state index contributed by atoms with van der Waals surface area (Å²) >= 11 is 0. The van der Waals surface area contributed by atoms with E-state index in [1.165, 1.54) is 53.0 Å². The van der Waals surface area contributed by atoms with Crippen LogP contribution in [0.5, 0.6) is 0 Å². The second-order valence-electron chi connectivity index (χ2n) is 5.61. The van der Waals surface area contributed by atoms with Crippen LogP contribution in [0.4, 0.5) is 14.9 Å². The largest absolute Gasteiger partial charge is 0.447 e. The molecule has 0 radical (unpaired) electrons. The number of aromatic nitrogens is 1. The summed E-state index contributed by atoms with van der Waals surface area (Å²) in [7, 11) is 0. The van der Waals surface area contributed by atoms with Crippen LogP contribution in [0.2, 0.25) is 0 Å². The van der Waals surface area contributed by atoms with Gasteiger partial charge in [0.15, 0.2) is 5.43 Å². The highest BCUT2D eigenvalue weighted by molar-refractivity contribution is 5.90. The molecule has 0 spiro atoms. The predicted octanol–water partition coefficient (Wildman–Crippen LogP) is 1.44. The summed E-state index contributed by atoms with van der Waals surface area (Å²) in [4.78, 5) is 35.5. The fourth-order valence-corrected chi connectivity index (χ4v) is 2.62. The molecule has 25 heavy (non-hydrogen) atoms. The van der Waals surface area contributed by atoms with Crippen molar-refractivity contribution in [3.63, 3.8) is 0 Å². The molecule has 0 aliphatic carbocycles. The third kappa shape index (κ3) is 3.52. The Bertz CT molecular complexity index is 860. The summed E-state index contributed by atoms with van der Waals surface area (Å²) in [5, 5.41) is 2.62. The van der Waals surface area contributed by atoms with Gasteiger partial charge in [0, 0.05) is 38.0 Å². The Balaban J connectivity index is 1.88. The minimum absolute atomic E-state index is 0.113. The van der Waals surface area contributed by atoms with E-state index in [0.29, 0.717) is 5.69 Å². The molecular weight excluding hydrogens is 329 g/mol. The molecule has 2 aromatic rings. The van der Waals surface area contributed by atoms with Crippen molar-refractivity contribution in [1.29, 1.82) is 0 Å². The van der Waals surface area contributed by atoms with Crippen LogP contribution in [0, 0.1) is 5.82 Å². The average Bonchev–Trinajstić information content (AvgIpc) is 2.94. The fraction of sp³-hybridized carbons (Fsp3) is 0.235. The number of nitrogens with zero attached hydrogens (tertiary/aromatic N) is 2. The Labute approximate surface area is 142 Å². The minimum atomic E-state index is -0.592. The summed E-state index contributed by atoms with van der Waals surface area (Å²) in [5.41, 5.74) is 0.406. The van der Waals surface area contributed by atoms with Crippen LogP contribution >= 0.6 is 0 Å². The molecule has 1 aliphatic heterocycles. The number of pyridine rings is 1. The van der Waals surface area contributed by atoms with Crippen LogP contribution in [0.3, 0.4) is 0 Å². The van der Waals surface area contributed by atoms with Gasteiger partial charge in [0.25, 0.3) is 0 Å². The first-order valence-corrected chi connectivity index (χ1v) is 7.64. The summed E-state index contributed by atoms with van der Waals surface area (Å²) < 4.78 is 21.0. The number of carbonyl (C=O) groups excluding carboxylic acids is 2. The lowest BCUT2D eigenvalue weighted by atomic mass is 10.2. The van der Waals surface area contributed by atoms with E-state index < -0.39 is 18.0 Å². The lowest BCUT2D eigenvalue weighted by molar-refractivity contribution is -0.119. The predicted molar refractivity (Wildman–Crippen MR) is 88.3 cm³/mol. The van der Waals surface area contributed by atoms with Crippen molar-refractivity contribution in [2.24, 2.45) is 0 Å². The highest BCUT2D eigenvalue weighted by Crippen LogP contribution is 2.26. The second-order valence-corrected chi connectivity index (χ2v) is 5.61. The smallest absolute Gasteiger partial charge is 0.414 e. The highest BCUT2D eigenvalue weighted by Gasteiger charge is 2.34. The van der Waals surface area contributed by atoms with Gasteiger partial charge in [-0.1, -0.05) is 0 Å². The van der Waals surface area contributed by atoms with E-state index in [9.17, 15) is 18.8 Å². The number of carbonyl (C=O) groups is 2. The SMILES string of the molecule is CC(=O)NC[C@H]1COC(=O)N1c1ccc(-n2ccc(=O)cc2)c(F)c1. The first-order valence-electron chi connectivity index (χ1n) is 7.64. The molecule has 130 valence electrons. The molecule has 1 atom stereocenters. The molecule has 8 heteroatoms. The maximum Gasteiger partial charge on any atom is 0.414 e. The van der Waals surface area contributed by atoms with Crippen LogP contribution in [-0.2, 0) is 9.53 Å². The number of amides is 2. The van der Waals surface area contributed by atoms with E-state index in [-0.39, 0.29) is 30.2 Å². The number of hydrogen-bond donors (Lipinski definition) is 1. The highest BCUT2D eigenvalue weighted by atomic mass is 19.1. The molecule has 1 aromatic heterocycles. The Morgan fingerprint density at radius 2 is 2.00 bits per heavy atom. The Morgan fingerprint density at radius 3 is 2.64 bits per heavy atom. The van der Waals surface area contributed by atoms with E-state index in [2.05, 4.69) is 5.32 Å². The van der Waals surface area contributed by atoms with E-state index in [4.69, 9.17) is 4.74 Å². The van der Waals surface area contributed by atoms with Crippen LogP contribution in [-0.4, -0.2) is 35.8 Å². The van der Waals surface area contributed by atoms with E-state index in [0.717, 1.165) is 0 Å². The van der Waals surface area contributed by atoms with Gasteiger partial charge in [0.05, 0.1) is 17.4 Å². The molecule has 3 rings (SSSR count). The second kappa shape index (κ2) is 6.76. The van der Waals surface area contributed by atoms with Crippen molar-refractivity contribution < 1.29 is 18.7 Å². The zero-order valence-corrected chi connectivity index (χ0v) is 13.4.